The molecule has 1 aromatic rings. The van der Waals surface area contributed by atoms with Gasteiger partial charge in [-0.15, -0.1) is 0 Å². The average Bonchev–Trinajstić information content (AvgIpc) is 2.29. The van der Waals surface area contributed by atoms with Crippen LogP contribution in [0.15, 0.2) is 18.2 Å². The van der Waals surface area contributed by atoms with Crippen molar-refractivity contribution >= 4 is 5.69 Å². The maximum atomic E-state index is 13.9. The Bertz CT molecular complexity index is 375. The highest BCUT2D eigenvalue weighted by atomic mass is 19.1. The molecule has 0 aliphatic carbocycles. The molecule has 1 N–H and O–H groups in total. The molecule has 18 heavy (non-hydrogen) atoms. The number of hydrogen-bond donors (Lipinski definition) is 1. The lowest BCUT2D eigenvalue weighted by Crippen LogP contribution is -2.28. The van der Waals surface area contributed by atoms with E-state index in [0.717, 1.165) is 17.8 Å². The third kappa shape index (κ3) is 3.98. The third-order valence-electron chi connectivity index (χ3n) is 3.10. The minimum absolute atomic E-state index is 0.128. The molecule has 0 fully saturated rings. The molecule has 0 radical (unpaired) electrons. The Morgan fingerprint density at radius 3 is 2.44 bits per heavy atom. The zero-order valence-corrected chi connectivity index (χ0v) is 12.1. The van der Waals surface area contributed by atoms with Crippen LogP contribution in [0.1, 0.15) is 33.3 Å². The second-order valence-electron chi connectivity index (χ2n) is 5.47. The van der Waals surface area contributed by atoms with Crippen LogP contribution in [0, 0.1) is 11.7 Å². The van der Waals surface area contributed by atoms with Gasteiger partial charge in [-0.05, 0) is 38.4 Å². The minimum Gasteiger partial charge on any atom is -0.372 e. The normalized spacial score (nSPS) is 11.3. The Morgan fingerprint density at radius 1 is 1.22 bits per heavy atom. The van der Waals surface area contributed by atoms with Gasteiger partial charge in [0.1, 0.15) is 5.82 Å². The summed E-state index contributed by atoms with van der Waals surface area (Å²) in [6, 6.07) is 5.64. The fourth-order valence-electron chi connectivity index (χ4n) is 1.82. The van der Waals surface area contributed by atoms with Crippen LogP contribution in [0.4, 0.5) is 10.1 Å². The maximum absolute atomic E-state index is 13.9. The van der Waals surface area contributed by atoms with E-state index in [1.807, 2.05) is 13.1 Å². The molecule has 0 saturated carbocycles. The highest BCUT2D eigenvalue weighted by molar-refractivity contribution is 5.54. The minimum atomic E-state index is -0.128. The van der Waals surface area contributed by atoms with Crippen LogP contribution in [0.2, 0.25) is 0 Å². The molecule has 0 saturated heterocycles. The highest BCUT2D eigenvalue weighted by Gasteiger charge is 2.13. The number of anilines is 1. The van der Waals surface area contributed by atoms with Gasteiger partial charge in [0.2, 0.25) is 0 Å². The summed E-state index contributed by atoms with van der Waals surface area (Å²) in [5.41, 5.74) is 1.73. The first-order valence-corrected chi connectivity index (χ1v) is 6.64. The predicted octanol–water partition coefficient (Wildman–Crippen LogP) is 3.42. The van der Waals surface area contributed by atoms with Crippen molar-refractivity contribution in [3.8, 4) is 0 Å². The molecular weight excluding hydrogens is 227 g/mol. The molecule has 0 bridgehead atoms. The van der Waals surface area contributed by atoms with E-state index in [0.29, 0.717) is 18.5 Å². The first-order chi connectivity index (χ1) is 8.43. The Labute approximate surface area is 110 Å². The van der Waals surface area contributed by atoms with Crippen LogP contribution < -0.4 is 10.2 Å². The van der Waals surface area contributed by atoms with Crippen LogP contribution in [-0.4, -0.2) is 19.6 Å². The van der Waals surface area contributed by atoms with Gasteiger partial charge in [0.25, 0.3) is 0 Å². The van der Waals surface area contributed by atoms with E-state index in [9.17, 15) is 4.39 Å². The Morgan fingerprint density at radius 2 is 1.89 bits per heavy atom. The first kappa shape index (κ1) is 15.0. The molecule has 0 aliphatic heterocycles. The fraction of sp³-hybridized carbons (Fsp3) is 0.600. The largest absolute Gasteiger partial charge is 0.372 e. The molecule has 0 heterocycles. The Kier molecular flexibility index (Phi) is 5.60. The molecule has 0 aromatic heterocycles. The van der Waals surface area contributed by atoms with Crippen molar-refractivity contribution in [1.29, 1.82) is 0 Å². The zero-order valence-electron chi connectivity index (χ0n) is 12.1. The number of halogens is 1. The highest BCUT2D eigenvalue weighted by Crippen LogP contribution is 2.23. The summed E-state index contributed by atoms with van der Waals surface area (Å²) >= 11 is 0. The van der Waals surface area contributed by atoms with E-state index in [2.05, 4.69) is 37.9 Å². The smallest absolute Gasteiger partial charge is 0.129 e. The van der Waals surface area contributed by atoms with Gasteiger partial charge in [-0.25, -0.2) is 4.39 Å². The molecule has 0 amide bonds. The monoisotopic (exact) mass is 252 g/mol. The first-order valence-electron chi connectivity index (χ1n) is 6.64. The Hall–Kier alpha value is -1.09. The summed E-state index contributed by atoms with van der Waals surface area (Å²) < 4.78 is 13.9. The van der Waals surface area contributed by atoms with E-state index >= 15 is 0 Å². The van der Waals surface area contributed by atoms with Crippen LogP contribution in [0.25, 0.3) is 0 Å². The summed E-state index contributed by atoms with van der Waals surface area (Å²) in [5, 5.41) is 3.31. The quantitative estimate of drug-likeness (QED) is 0.834. The van der Waals surface area contributed by atoms with Crippen LogP contribution in [0.3, 0.4) is 0 Å². The molecular formula is C15H25FN2. The van der Waals surface area contributed by atoms with E-state index in [-0.39, 0.29) is 5.82 Å². The SMILES string of the molecule is CC(C)CNCc1c(F)cccc1N(C)C(C)C. The molecule has 0 spiro atoms. The molecule has 0 aliphatic rings. The molecule has 0 atom stereocenters. The number of hydrogen-bond acceptors (Lipinski definition) is 2. The summed E-state index contributed by atoms with van der Waals surface area (Å²) in [7, 11) is 2.01. The average molecular weight is 252 g/mol. The topological polar surface area (TPSA) is 15.3 Å². The van der Waals surface area contributed by atoms with Gasteiger partial charge in [-0.1, -0.05) is 19.9 Å². The molecule has 1 aromatic carbocycles. The van der Waals surface area contributed by atoms with Gasteiger partial charge in [0, 0.05) is 30.9 Å². The number of nitrogens with one attached hydrogen (secondary N) is 1. The number of rotatable bonds is 6. The van der Waals surface area contributed by atoms with Gasteiger partial charge in [-0.3, -0.25) is 0 Å². The van der Waals surface area contributed by atoms with E-state index in [4.69, 9.17) is 0 Å². The van der Waals surface area contributed by atoms with Crippen molar-refractivity contribution in [2.75, 3.05) is 18.5 Å². The maximum Gasteiger partial charge on any atom is 0.129 e. The molecule has 1 rings (SSSR count). The fourth-order valence-corrected chi connectivity index (χ4v) is 1.82. The van der Waals surface area contributed by atoms with Crippen LogP contribution in [-0.2, 0) is 6.54 Å². The summed E-state index contributed by atoms with van der Waals surface area (Å²) in [6.07, 6.45) is 0. The van der Waals surface area contributed by atoms with Gasteiger partial charge < -0.3 is 10.2 Å². The lowest BCUT2D eigenvalue weighted by atomic mass is 10.1. The number of nitrogens with zero attached hydrogens (tertiary/aromatic N) is 1. The van der Waals surface area contributed by atoms with Crippen molar-refractivity contribution in [3.63, 3.8) is 0 Å². The van der Waals surface area contributed by atoms with Crippen molar-refractivity contribution in [3.05, 3.63) is 29.6 Å². The second kappa shape index (κ2) is 6.74. The lowest BCUT2D eigenvalue weighted by molar-refractivity contribution is 0.533. The van der Waals surface area contributed by atoms with E-state index in [1.54, 1.807) is 6.07 Å². The third-order valence-corrected chi connectivity index (χ3v) is 3.10. The summed E-state index contributed by atoms with van der Waals surface area (Å²) in [6.45, 7) is 9.99. The zero-order chi connectivity index (χ0) is 13.7. The van der Waals surface area contributed by atoms with E-state index in [1.165, 1.54) is 6.07 Å². The van der Waals surface area contributed by atoms with Crippen molar-refractivity contribution in [1.82, 2.24) is 5.32 Å². The van der Waals surface area contributed by atoms with Crippen molar-refractivity contribution in [2.45, 2.75) is 40.3 Å². The molecule has 102 valence electrons. The van der Waals surface area contributed by atoms with Crippen LogP contribution in [0.5, 0.6) is 0 Å². The molecule has 2 nitrogen and oxygen atoms in total. The molecule has 3 heteroatoms. The Balaban J connectivity index is 2.87. The predicted molar refractivity (Wildman–Crippen MR) is 76.5 cm³/mol. The van der Waals surface area contributed by atoms with E-state index < -0.39 is 0 Å². The van der Waals surface area contributed by atoms with Gasteiger partial charge in [-0.2, -0.15) is 0 Å². The van der Waals surface area contributed by atoms with Gasteiger partial charge in [0.15, 0.2) is 0 Å². The number of benzene rings is 1. The van der Waals surface area contributed by atoms with Crippen molar-refractivity contribution in [2.24, 2.45) is 5.92 Å². The summed E-state index contributed by atoms with van der Waals surface area (Å²) in [5.74, 6) is 0.444. The summed E-state index contributed by atoms with van der Waals surface area (Å²) in [4.78, 5) is 2.11. The van der Waals surface area contributed by atoms with Crippen molar-refractivity contribution < 1.29 is 4.39 Å². The second-order valence-corrected chi connectivity index (χ2v) is 5.47. The van der Waals surface area contributed by atoms with Crippen LogP contribution >= 0.6 is 0 Å². The standard InChI is InChI=1S/C15H25FN2/c1-11(2)9-17-10-13-14(16)7-6-8-15(13)18(5)12(3)4/h6-8,11-12,17H,9-10H2,1-5H3. The lowest BCUT2D eigenvalue weighted by Gasteiger charge is -2.27. The van der Waals surface area contributed by atoms with Gasteiger partial charge in [0.05, 0.1) is 0 Å². The van der Waals surface area contributed by atoms with Gasteiger partial charge >= 0.3 is 0 Å². The molecule has 0 unspecified atom stereocenters.